The van der Waals surface area contributed by atoms with Crippen LogP contribution in [-0.2, 0) is 0 Å². The highest BCUT2D eigenvalue weighted by molar-refractivity contribution is 5.89. The molecule has 0 saturated carbocycles. The maximum absolute atomic E-state index is 10.6. The zero-order chi connectivity index (χ0) is 11.6. The van der Waals surface area contributed by atoms with Crippen LogP contribution in [0, 0.1) is 0 Å². The molecule has 0 saturated heterocycles. The molecule has 1 rings (SSSR count). The fourth-order valence-corrected chi connectivity index (χ4v) is 0.663. The number of aromatic nitrogens is 3. The van der Waals surface area contributed by atoms with E-state index in [-0.39, 0.29) is 11.9 Å². The smallest absolute Gasteiger partial charge is 0.336 e. The molecule has 4 amide bonds. The lowest BCUT2D eigenvalue weighted by molar-refractivity contribution is 0.253. The van der Waals surface area contributed by atoms with Gasteiger partial charge in [-0.25, -0.2) is 26.4 Å². The van der Waals surface area contributed by atoms with Crippen LogP contribution >= 0.6 is 0 Å². The van der Waals surface area contributed by atoms with Gasteiger partial charge in [-0.1, -0.05) is 0 Å². The number of nitrogens with two attached hydrogens (primary N) is 4. The zero-order valence-electron chi connectivity index (χ0n) is 7.41. The van der Waals surface area contributed by atoms with Gasteiger partial charge in [0.1, 0.15) is 0 Å². The van der Waals surface area contributed by atoms with Gasteiger partial charge in [-0.2, -0.15) is 15.0 Å². The first-order valence-electron chi connectivity index (χ1n) is 3.54. The highest BCUT2D eigenvalue weighted by atomic mass is 16.2. The van der Waals surface area contributed by atoms with Gasteiger partial charge in [0, 0.05) is 0 Å². The van der Waals surface area contributed by atoms with Gasteiger partial charge in [-0.3, -0.25) is 0 Å². The number of anilines is 2. The molecule has 0 fully saturated rings. The van der Waals surface area contributed by atoms with Gasteiger partial charge in [0.25, 0.3) is 5.95 Å². The Labute approximate surface area is 82.9 Å². The number of amides is 4. The fourth-order valence-electron chi connectivity index (χ4n) is 0.663. The second-order valence-corrected chi connectivity index (χ2v) is 2.38. The predicted molar refractivity (Wildman–Crippen MR) is 48.9 cm³/mol. The largest absolute Gasteiger partial charge is 0.350 e. The average molecular weight is 215 g/mol. The Morgan fingerprint density at radius 3 is 2.13 bits per heavy atom. The molecule has 11 heteroatoms. The van der Waals surface area contributed by atoms with Crippen LogP contribution in [0.2, 0.25) is 0 Å². The summed E-state index contributed by atoms with van der Waals surface area (Å²) < 4.78 is 0. The van der Waals surface area contributed by atoms with Crippen molar-refractivity contribution in [2.45, 2.75) is 0 Å². The van der Waals surface area contributed by atoms with Crippen molar-refractivity contribution in [1.82, 2.24) is 15.2 Å². The van der Waals surface area contributed by atoms with Gasteiger partial charge >= 0.3 is 12.1 Å². The molecule has 9 N–H and O–H groups in total. The van der Waals surface area contributed by atoms with E-state index in [9.17, 15) is 9.59 Å². The third-order valence-corrected chi connectivity index (χ3v) is 1.38. The summed E-state index contributed by atoms with van der Waals surface area (Å²) in [7, 11) is 0. The number of urea groups is 2. The molecule has 11 nitrogen and oxygen atoms in total. The van der Waals surface area contributed by atoms with Gasteiger partial charge < -0.3 is 11.5 Å². The highest BCUT2D eigenvalue weighted by Gasteiger charge is 2.17. The van der Waals surface area contributed by atoms with Crippen LogP contribution in [-0.4, -0.2) is 27.2 Å². The minimum atomic E-state index is -0.969. The molecule has 0 aliphatic heterocycles. The number of hydrogen-bond donors (Lipinski definition) is 5. The van der Waals surface area contributed by atoms with E-state index >= 15 is 0 Å². The lowest BCUT2D eigenvalue weighted by atomic mass is 10.8. The van der Waals surface area contributed by atoms with Crippen LogP contribution in [0.5, 0.6) is 0 Å². The number of hydrogen-bond acceptors (Lipinski definition) is 6. The molecule has 1 aromatic heterocycles. The molecule has 82 valence electrons. The molecule has 1 aromatic rings. The van der Waals surface area contributed by atoms with Crippen molar-refractivity contribution in [3.63, 3.8) is 0 Å². The van der Waals surface area contributed by atoms with Crippen LogP contribution < -0.4 is 33.2 Å². The van der Waals surface area contributed by atoms with E-state index in [1.165, 1.54) is 0 Å². The van der Waals surface area contributed by atoms with Gasteiger partial charge in [0.2, 0.25) is 5.95 Å². The predicted octanol–water partition coefficient (Wildman–Crippen LogP) is -2.68. The summed E-state index contributed by atoms with van der Waals surface area (Å²) in [5, 5.41) is 6.67. The minimum absolute atomic E-state index is 0.172. The van der Waals surface area contributed by atoms with Crippen LogP contribution in [0.1, 0.15) is 0 Å². The summed E-state index contributed by atoms with van der Waals surface area (Å²) in [6, 6.07) is -1.93. The molecule has 0 atom stereocenters. The number of carbonyl (C=O) groups excluding carboxylic acids is 2. The van der Waals surface area contributed by atoms with E-state index in [4.69, 9.17) is 23.2 Å². The third-order valence-electron chi connectivity index (χ3n) is 1.38. The number of aromatic amines is 1. The monoisotopic (exact) mass is 215 g/mol. The van der Waals surface area contributed by atoms with Gasteiger partial charge in [0.15, 0.2) is 0 Å². The Morgan fingerprint density at radius 1 is 1.13 bits per heavy atom. The summed E-state index contributed by atoms with van der Waals surface area (Å²) >= 11 is 0. The zero-order valence-corrected chi connectivity index (χ0v) is 7.41. The first kappa shape index (κ1) is 10.7. The molecule has 0 aliphatic rings. The summed E-state index contributed by atoms with van der Waals surface area (Å²) in [5.74, 6) is 9.93. The standard InChI is InChI=1S/C4H9N9O2/c5-1(14)12(7)3-9-4(11-10-3)13(8)2(6)15/h7-8H2,(H2,5,14)(H2,6,15)(H,9,10,11). The number of primary amides is 2. The number of rotatable bonds is 2. The molecule has 0 unspecified atom stereocenters. The van der Waals surface area contributed by atoms with Crippen molar-refractivity contribution in [3.8, 4) is 0 Å². The Morgan fingerprint density at radius 2 is 1.67 bits per heavy atom. The molecule has 0 radical (unpaired) electrons. The van der Waals surface area contributed by atoms with Gasteiger partial charge in [-0.15, -0.1) is 5.10 Å². The normalized spacial score (nSPS) is 9.73. The Bertz CT molecular complexity index is 351. The first-order valence-corrected chi connectivity index (χ1v) is 3.54. The van der Waals surface area contributed by atoms with E-state index in [1.54, 1.807) is 0 Å². The summed E-state index contributed by atoms with van der Waals surface area (Å²) in [6.45, 7) is 0. The number of H-pyrrole nitrogens is 1. The molecular weight excluding hydrogens is 206 g/mol. The maximum Gasteiger partial charge on any atom is 0.336 e. The Kier molecular flexibility index (Phi) is 2.68. The summed E-state index contributed by atoms with van der Waals surface area (Å²) in [4.78, 5) is 24.8. The van der Waals surface area contributed by atoms with Crippen LogP contribution in [0.15, 0.2) is 0 Å². The lowest BCUT2D eigenvalue weighted by Crippen LogP contribution is -2.43. The van der Waals surface area contributed by atoms with Crippen molar-refractivity contribution < 1.29 is 9.59 Å². The second-order valence-electron chi connectivity index (χ2n) is 2.38. The average Bonchev–Trinajstić information content (AvgIpc) is 2.63. The fraction of sp³-hybridized carbons (Fsp3) is 0. The van der Waals surface area contributed by atoms with Crippen LogP contribution in [0.3, 0.4) is 0 Å². The first-order chi connectivity index (χ1) is 6.93. The number of carbonyl (C=O) groups is 2. The molecule has 0 spiro atoms. The Balaban J connectivity index is 2.89. The molecule has 15 heavy (non-hydrogen) atoms. The van der Waals surface area contributed by atoms with Crippen LogP contribution in [0.4, 0.5) is 21.5 Å². The summed E-state index contributed by atoms with van der Waals surface area (Å²) in [6.07, 6.45) is 0. The van der Waals surface area contributed by atoms with E-state index in [2.05, 4.69) is 15.2 Å². The van der Waals surface area contributed by atoms with Crippen molar-refractivity contribution in [3.05, 3.63) is 0 Å². The molecular formula is C4H9N9O2. The minimum Gasteiger partial charge on any atom is -0.350 e. The SMILES string of the molecule is NC(=O)N(N)c1n[nH]c(N(N)C(N)=O)n1. The number of nitrogens with zero attached hydrogens (tertiary/aromatic N) is 4. The quantitative estimate of drug-likeness (QED) is 0.203. The highest BCUT2D eigenvalue weighted by Crippen LogP contribution is 2.07. The molecule has 1 heterocycles. The van der Waals surface area contributed by atoms with Gasteiger partial charge in [0.05, 0.1) is 0 Å². The van der Waals surface area contributed by atoms with Gasteiger partial charge in [-0.05, 0) is 0 Å². The van der Waals surface area contributed by atoms with E-state index in [0.717, 1.165) is 0 Å². The van der Waals surface area contributed by atoms with E-state index < -0.39 is 12.1 Å². The second kappa shape index (κ2) is 3.77. The number of hydrazine groups is 2. The topological polar surface area (TPSA) is 186 Å². The van der Waals surface area contributed by atoms with Crippen molar-refractivity contribution in [2.75, 3.05) is 10.0 Å². The van der Waals surface area contributed by atoms with E-state index in [1.807, 2.05) is 0 Å². The maximum atomic E-state index is 10.6. The third kappa shape index (κ3) is 2.09. The number of nitrogens with one attached hydrogen (secondary N) is 1. The molecule has 0 aliphatic carbocycles. The van der Waals surface area contributed by atoms with Crippen LogP contribution in [0.25, 0.3) is 0 Å². The molecule has 0 bridgehead atoms. The van der Waals surface area contributed by atoms with Crippen molar-refractivity contribution >= 4 is 24.0 Å². The Hall–Kier alpha value is -2.40. The van der Waals surface area contributed by atoms with Crippen molar-refractivity contribution in [2.24, 2.45) is 23.2 Å². The molecule has 0 aromatic carbocycles. The van der Waals surface area contributed by atoms with Crippen molar-refractivity contribution in [1.29, 1.82) is 0 Å². The van der Waals surface area contributed by atoms with E-state index in [0.29, 0.717) is 10.0 Å². The summed E-state index contributed by atoms with van der Waals surface area (Å²) in [5.41, 5.74) is 9.70. The lowest BCUT2D eigenvalue weighted by Gasteiger charge is -2.08.